The number of carbonyl (C=O) groups excluding carboxylic acids is 3. The van der Waals surface area contributed by atoms with Crippen LogP contribution in [0.1, 0.15) is 88.7 Å². The Hall–Kier alpha value is -5.10. The number of benzene rings is 1. The van der Waals surface area contributed by atoms with Gasteiger partial charge in [0.2, 0.25) is 11.8 Å². The maximum absolute atomic E-state index is 13.3. The Bertz CT molecular complexity index is 2040. The number of H-pyrrole nitrogens is 1. The minimum atomic E-state index is -0.254. The topological polar surface area (TPSA) is 139 Å². The van der Waals surface area contributed by atoms with Crippen molar-refractivity contribution >= 4 is 29.2 Å². The van der Waals surface area contributed by atoms with Gasteiger partial charge in [0.05, 0.1) is 46.6 Å². The van der Waals surface area contributed by atoms with Gasteiger partial charge in [-0.1, -0.05) is 52.0 Å². The van der Waals surface area contributed by atoms with Gasteiger partial charge < -0.3 is 30.3 Å². The lowest BCUT2D eigenvalue weighted by Crippen LogP contribution is -2.59. The number of aromatic nitrogens is 4. The fraction of sp³-hybridized carbons (Fsp3) is 0.488. The fourth-order valence-corrected chi connectivity index (χ4v) is 8.29. The van der Waals surface area contributed by atoms with E-state index in [0.717, 1.165) is 60.0 Å². The molecule has 1 saturated carbocycles. The molecule has 2 aliphatic heterocycles. The van der Waals surface area contributed by atoms with Crippen LogP contribution in [-0.2, 0) is 9.59 Å². The van der Waals surface area contributed by atoms with Crippen molar-refractivity contribution in [3.63, 3.8) is 0 Å². The second-order valence-corrected chi connectivity index (χ2v) is 16.7. The molecular weight excluding hydrogens is 691 g/mol. The average Bonchev–Trinajstić information content (AvgIpc) is 3.51. The van der Waals surface area contributed by atoms with E-state index in [0.29, 0.717) is 30.0 Å². The lowest BCUT2D eigenvalue weighted by molar-refractivity contribution is -0.136. The Morgan fingerprint density at radius 3 is 2.27 bits per heavy atom. The maximum Gasteiger partial charge on any atom is 0.257 e. The third-order valence-electron chi connectivity index (χ3n) is 11.9. The first-order valence-corrected chi connectivity index (χ1v) is 19.7. The number of amides is 3. The number of hydrogen-bond donors (Lipinski definition) is 3. The zero-order chi connectivity index (χ0) is 39.2. The third-order valence-corrected chi connectivity index (χ3v) is 11.9. The molecule has 1 aromatic carbocycles. The molecule has 7 rings (SSSR count). The summed E-state index contributed by atoms with van der Waals surface area (Å²) in [6, 6.07) is 15.5. The molecule has 3 N–H and O–H groups in total. The van der Waals surface area contributed by atoms with E-state index < -0.39 is 0 Å². The monoisotopic (exact) mass is 745 g/mol. The van der Waals surface area contributed by atoms with E-state index in [1.807, 2.05) is 72.4 Å². The highest BCUT2D eigenvalue weighted by atomic mass is 16.2. The van der Waals surface area contributed by atoms with E-state index in [9.17, 15) is 14.4 Å². The Morgan fingerprint density at radius 1 is 0.909 bits per heavy atom. The van der Waals surface area contributed by atoms with Gasteiger partial charge in [-0.15, -0.1) is 0 Å². The smallest absolute Gasteiger partial charge is 0.257 e. The van der Waals surface area contributed by atoms with E-state index in [1.165, 1.54) is 0 Å². The predicted molar refractivity (Wildman–Crippen MR) is 215 cm³/mol. The Balaban J connectivity index is 0.959. The molecule has 5 heterocycles. The third kappa shape index (κ3) is 7.74. The lowest BCUT2D eigenvalue weighted by Gasteiger charge is -2.45. The van der Waals surface area contributed by atoms with Gasteiger partial charge in [-0.3, -0.25) is 19.4 Å². The van der Waals surface area contributed by atoms with Crippen molar-refractivity contribution in [2.75, 3.05) is 36.9 Å². The first-order chi connectivity index (χ1) is 26.2. The van der Waals surface area contributed by atoms with Crippen LogP contribution in [0.3, 0.4) is 0 Å². The van der Waals surface area contributed by atoms with Crippen LogP contribution in [0.25, 0.3) is 22.5 Å². The molecular formula is C43H55N9O3. The van der Waals surface area contributed by atoms with Crippen LogP contribution in [0.15, 0.2) is 60.9 Å². The van der Waals surface area contributed by atoms with Crippen molar-refractivity contribution in [1.29, 1.82) is 0 Å². The van der Waals surface area contributed by atoms with E-state index in [2.05, 4.69) is 67.0 Å². The van der Waals surface area contributed by atoms with Gasteiger partial charge in [0, 0.05) is 49.4 Å². The Kier molecular flexibility index (Phi) is 10.6. The van der Waals surface area contributed by atoms with E-state index in [1.54, 1.807) is 12.3 Å². The van der Waals surface area contributed by atoms with Crippen LogP contribution in [-0.4, -0.2) is 92.3 Å². The summed E-state index contributed by atoms with van der Waals surface area (Å²) < 4.78 is 0. The predicted octanol–water partition coefficient (Wildman–Crippen LogP) is 6.47. The maximum atomic E-state index is 13.3. The average molecular weight is 746 g/mol. The van der Waals surface area contributed by atoms with Gasteiger partial charge in [-0.25, -0.2) is 9.97 Å². The summed E-state index contributed by atoms with van der Waals surface area (Å²) in [4.78, 5) is 63.6. The van der Waals surface area contributed by atoms with Crippen molar-refractivity contribution in [2.24, 2.45) is 17.3 Å². The largest absolute Gasteiger partial charge is 0.350 e. The zero-order valence-corrected chi connectivity index (χ0v) is 33.4. The summed E-state index contributed by atoms with van der Waals surface area (Å²) in [5.41, 5.74) is 5.55. The molecule has 3 amide bonds. The van der Waals surface area contributed by atoms with Crippen LogP contribution >= 0.6 is 0 Å². The summed E-state index contributed by atoms with van der Waals surface area (Å²) in [5, 5.41) is 6.19. The van der Waals surface area contributed by atoms with Crippen molar-refractivity contribution in [3.8, 4) is 22.5 Å². The molecule has 12 heteroatoms. The van der Waals surface area contributed by atoms with Gasteiger partial charge in [0.1, 0.15) is 11.6 Å². The molecule has 0 spiro atoms. The fourth-order valence-electron chi connectivity index (χ4n) is 8.29. The number of imidazole rings is 1. The number of anilines is 2. The van der Waals surface area contributed by atoms with Crippen LogP contribution in [0.5, 0.6) is 0 Å². The van der Waals surface area contributed by atoms with Gasteiger partial charge in [0.25, 0.3) is 5.91 Å². The first-order valence-electron chi connectivity index (χ1n) is 19.7. The van der Waals surface area contributed by atoms with Crippen LogP contribution in [0.2, 0.25) is 0 Å². The number of nitrogens with one attached hydrogen (secondary N) is 3. The SMILES string of the molecule is CN[C@H](C(=O)N1CCC[C@H]1c1ncc(-c2ccc(-c3ccc(NC(=O)c4ccc(N5C[C@H](C)N(C(=O)[C@H]6CC6(C)C)C[C@H]5C)nc4)c(C)n3)cc2)[nH]1)C(C)C. The van der Waals surface area contributed by atoms with Crippen molar-refractivity contribution in [1.82, 2.24) is 35.1 Å². The number of pyridine rings is 2. The minimum absolute atomic E-state index is 0.0606. The zero-order valence-electron chi connectivity index (χ0n) is 33.4. The number of aryl methyl sites for hydroxylation is 1. The number of likely N-dealkylation sites (tertiary alicyclic amines) is 1. The molecule has 0 radical (unpaired) electrons. The van der Waals surface area contributed by atoms with Gasteiger partial charge in [-0.2, -0.15) is 0 Å². The highest BCUT2D eigenvalue weighted by Gasteiger charge is 2.53. The standard InChI is InChI=1S/C43H55N9O3/c1-25(2)38(44-8)42(55)50-19-9-10-36(50)39-46-22-35(48-39)30-13-11-29(12-14-30)34-17-16-33(28(5)47-34)49-40(53)31-15-18-37(45-21-31)51-23-27(4)52(24-26(51)3)41(54)32-20-43(32,6)7/h11-18,21-22,25-27,32,36,38,44H,9-10,19-20,23-24H2,1-8H3,(H,46,48)(H,49,53)/t26-,27+,32-,36+,38+/m1/s1. The van der Waals surface area contributed by atoms with E-state index in [4.69, 9.17) is 9.97 Å². The molecule has 2 saturated heterocycles. The summed E-state index contributed by atoms with van der Waals surface area (Å²) in [5.74, 6) is 2.08. The van der Waals surface area contributed by atoms with Crippen molar-refractivity contribution in [2.45, 2.75) is 91.9 Å². The number of likely N-dealkylation sites (N-methyl/N-ethyl adjacent to an activating group) is 1. The molecule has 3 aliphatic rings. The summed E-state index contributed by atoms with van der Waals surface area (Å²) in [7, 11) is 1.84. The van der Waals surface area contributed by atoms with E-state index in [-0.39, 0.29) is 59.1 Å². The number of rotatable bonds is 10. The number of aromatic amines is 1. The summed E-state index contributed by atoms with van der Waals surface area (Å²) in [6.07, 6.45) is 6.26. The van der Waals surface area contributed by atoms with Crippen LogP contribution in [0.4, 0.5) is 11.5 Å². The molecule has 3 fully saturated rings. The molecule has 5 atom stereocenters. The quantitative estimate of drug-likeness (QED) is 0.168. The highest BCUT2D eigenvalue weighted by Crippen LogP contribution is 2.52. The number of piperazine rings is 1. The van der Waals surface area contributed by atoms with Crippen LogP contribution < -0.4 is 15.5 Å². The molecule has 0 bridgehead atoms. The van der Waals surface area contributed by atoms with Crippen molar-refractivity contribution < 1.29 is 14.4 Å². The second-order valence-electron chi connectivity index (χ2n) is 16.7. The van der Waals surface area contributed by atoms with Gasteiger partial charge >= 0.3 is 0 Å². The van der Waals surface area contributed by atoms with Crippen molar-refractivity contribution in [3.05, 3.63) is 78.0 Å². The molecule has 0 unspecified atom stereocenters. The van der Waals surface area contributed by atoms with Gasteiger partial charge in [0.15, 0.2) is 0 Å². The summed E-state index contributed by atoms with van der Waals surface area (Å²) >= 11 is 0. The minimum Gasteiger partial charge on any atom is -0.350 e. The molecule has 55 heavy (non-hydrogen) atoms. The molecule has 4 aromatic rings. The van der Waals surface area contributed by atoms with E-state index >= 15 is 0 Å². The first kappa shape index (κ1) is 38.2. The second kappa shape index (κ2) is 15.2. The Labute approximate surface area is 324 Å². The molecule has 290 valence electrons. The number of carbonyl (C=O) groups is 3. The lowest BCUT2D eigenvalue weighted by atomic mass is 10.0. The summed E-state index contributed by atoms with van der Waals surface area (Å²) in [6.45, 7) is 16.7. The van der Waals surface area contributed by atoms with Gasteiger partial charge in [-0.05, 0) is 88.2 Å². The normalized spacial score (nSPS) is 22.5. The number of nitrogens with zero attached hydrogens (tertiary/aromatic N) is 6. The molecule has 12 nitrogen and oxygen atoms in total. The molecule has 1 aliphatic carbocycles. The Morgan fingerprint density at radius 2 is 1.64 bits per heavy atom. The molecule has 3 aromatic heterocycles. The highest BCUT2D eigenvalue weighted by molar-refractivity contribution is 6.04. The number of hydrogen-bond acceptors (Lipinski definition) is 8. The van der Waals surface area contributed by atoms with Crippen LogP contribution in [0, 0.1) is 24.2 Å².